The summed E-state index contributed by atoms with van der Waals surface area (Å²) in [6.45, 7) is 3.75. The molecule has 2 N–H and O–H groups in total. The topological polar surface area (TPSA) is 76.7 Å². The van der Waals surface area contributed by atoms with E-state index in [1.165, 1.54) is 0 Å². The van der Waals surface area contributed by atoms with Crippen LogP contribution < -0.4 is 20.1 Å². The van der Waals surface area contributed by atoms with Crippen LogP contribution >= 0.6 is 0 Å². The fourth-order valence-corrected chi connectivity index (χ4v) is 2.74. The Bertz CT molecular complexity index is 933. The molecule has 0 heterocycles. The third-order valence-electron chi connectivity index (χ3n) is 4.17. The average molecular weight is 404 g/mol. The molecule has 30 heavy (non-hydrogen) atoms. The lowest BCUT2D eigenvalue weighted by molar-refractivity contribution is -0.118. The van der Waals surface area contributed by atoms with Crippen molar-refractivity contribution in [2.75, 3.05) is 23.8 Å². The van der Waals surface area contributed by atoms with Gasteiger partial charge in [-0.2, -0.15) is 0 Å². The number of benzene rings is 3. The first kappa shape index (κ1) is 20.9. The zero-order valence-electron chi connectivity index (χ0n) is 17.0. The molecule has 154 valence electrons. The minimum absolute atomic E-state index is 0.0851. The molecular weight excluding hydrogens is 380 g/mol. The van der Waals surface area contributed by atoms with Gasteiger partial charge in [0.05, 0.1) is 0 Å². The minimum atomic E-state index is -0.264. The van der Waals surface area contributed by atoms with E-state index in [2.05, 4.69) is 10.6 Å². The molecule has 3 rings (SSSR count). The molecule has 0 saturated carbocycles. The molecule has 6 nitrogen and oxygen atoms in total. The van der Waals surface area contributed by atoms with Crippen molar-refractivity contribution in [3.8, 4) is 11.5 Å². The molecule has 3 aromatic carbocycles. The van der Waals surface area contributed by atoms with E-state index in [0.717, 1.165) is 11.1 Å². The second kappa shape index (κ2) is 10.1. The van der Waals surface area contributed by atoms with Gasteiger partial charge >= 0.3 is 0 Å². The van der Waals surface area contributed by atoms with Crippen molar-refractivity contribution in [1.82, 2.24) is 0 Å². The Kier molecular flexibility index (Phi) is 7.05. The van der Waals surface area contributed by atoms with E-state index in [-0.39, 0.29) is 25.0 Å². The number of anilines is 2. The number of ether oxygens (including phenoxy) is 2. The van der Waals surface area contributed by atoms with Gasteiger partial charge in [0.1, 0.15) is 11.5 Å². The zero-order chi connectivity index (χ0) is 21.3. The van der Waals surface area contributed by atoms with Crippen LogP contribution in [-0.2, 0) is 9.59 Å². The molecule has 0 bridgehead atoms. The Morgan fingerprint density at radius 2 is 1.07 bits per heavy atom. The molecular formula is C24H24N2O4. The number of amides is 2. The number of carbonyl (C=O) groups is 2. The molecule has 0 unspecified atom stereocenters. The molecule has 0 radical (unpaired) electrons. The van der Waals surface area contributed by atoms with Crippen LogP contribution in [0.2, 0.25) is 0 Å². The summed E-state index contributed by atoms with van der Waals surface area (Å²) in [4.78, 5) is 24.1. The van der Waals surface area contributed by atoms with Crippen LogP contribution in [0.1, 0.15) is 11.1 Å². The molecule has 0 atom stereocenters. The second-order valence-corrected chi connectivity index (χ2v) is 6.88. The van der Waals surface area contributed by atoms with Gasteiger partial charge in [0.25, 0.3) is 11.8 Å². The van der Waals surface area contributed by atoms with Crippen molar-refractivity contribution in [3.05, 3.63) is 83.9 Å². The lowest BCUT2D eigenvalue weighted by atomic mass is 10.2. The largest absolute Gasteiger partial charge is 0.484 e. The van der Waals surface area contributed by atoms with Crippen LogP contribution in [0, 0.1) is 13.8 Å². The average Bonchev–Trinajstić information content (AvgIpc) is 2.72. The minimum Gasteiger partial charge on any atom is -0.484 e. The molecule has 0 aliphatic carbocycles. The third kappa shape index (κ3) is 6.67. The van der Waals surface area contributed by atoms with Crippen LogP contribution in [0.5, 0.6) is 11.5 Å². The maximum Gasteiger partial charge on any atom is 0.262 e. The predicted octanol–water partition coefficient (Wildman–Crippen LogP) is 4.34. The fraction of sp³-hybridized carbons (Fsp3) is 0.167. The molecule has 2 amide bonds. The maximum absolute atomic E-state index is 12.1. The van der Waals surface area contributed by atoms with Crippen LogP contribution in [0.3, 0.4) is 0 Å². The Balaban J connectivity index is 1.43. The lowest BCUT2D eigenvalue weighted by Crippen LogP contribution is -2.21. The smallest absolute Gasteiger partial charge is 0.262 e. The number of hydrogen-bond acceptors (Lipinski definition) is 4. The van der Waals surface area contributed by atoms with Gasteiger partial charge in [-0.05, 0) is 73.5 Å². The Morgan fingerprint density at radius 3 is 1.43 bits per heavy atom. The predicted molar refractivity (Wildman–Crippen MR) is 117 cm³/mol. The first-order valence-corrected chi connectivity index (χ1v) is 9.57. The van der Waals surface area contributed by atoms with E-state index in [1.54, 1.807) is 36.4 Å². The van der Waals surface area contributed by atoms with Gasteiger partial charge in [-0.1, -0.05) is 24.3 Å². The Morgan fingerprint density at radius 1 is 0.667 bits per heavy atom. The highest BCUT2D eigenvalue weighted by molar-refractivity contribution is 5.94. The van der Waals surface area contributed by atoms with E-state index in [1.807, 2.05) is 50.2 Å². The number of carbonyl (C=O) groups excluding carboxylic acids is 2. The highest BCUT2D eigenvalue weighted by Gasteiger charge is 2.06. The normalized spacial score (nSPS) is 10.2. The summed E-state index contributed by atoms with van der Waals surface area (Å²) in [5.74, 6) is 0.770. The van der Waals surface area contributed by atoms with Gasteiger partial charge in [-0.25, -0.2) is 0 Å². The monoisotopic (exact) mass is 404 g/mol. The summed E-state index contributed by atoms with van der Waals surface area (Å²) >= 11 is 0. The van der Waals surface area contributed by atoms with E-state index in [9.17, 15) is 9.59 Å². The SMILES string of the molecule is Cc1cccc(OCC(=O)Nc2ccc(NC(=O)COc3cccc(C)c3)cc2)c1. The molecule has 0 spiro atoms. The summed E-state index contributed by atoms with van der Waals surface area (Å²) in [6, 6.07) is 21.9. The number of aryl methyl sites for hydroxylation is 2. The summed E-state index contributed by atoms with van der Waals surface area (Å²) in [5, 5.41) is 5.52. The van der Waals surface area contributed by atoms with Crippen molar-refractivity contribution in [2.45, 2.75) is 13.8 Å². The van der Waals surface area contributed by atoms with Gasteiger partial charge in [-0.15, -0.1) is 0 Å². The van der Waals surface area contributed by atoms with E-state index < -0.39 is 0 Å². The summed E-state index contributed by atoms with van der Waals surface area (Å²) in [7, 11) is 0. The van der Waals surface area contributed by atoms with Crippen molar-refractivity contribution in [1.29, 1.82) is 0 Å². The third-order valence-corrected chi connectivity index (χ3v) is 4.17. The van der Waals surface area contributed by atoms with Gasteiger partial charge < -0.3 is 20.1 Å². The van der Waals surface area contributed by atoms with Gasteiger partial charge in [-0.3, -0.25) is 9.59 Å². The highest BCUT2D eigenvalue weighted by Crippen LogP contribution is 2.16. The van der Waals surface area contributed by atoms with E-state index in [4.69, 9.17) is 9.47 Å². The summed E-state index contributed by atoms with van der Waals surface area (Å²) < 4.78 is 11.0. The van der Waals surface area contributed by atoms with Crippen LogP contribution in [0.15, 0.2) is 72.8 Å². The summed E-state index contributed by atoms with van der Waals surface area (Å²) in [6.07, 6.45) is 0. The Labute approximate surface area is 175 Å². The quantitative estimate of drug-likeness (QED) is 0.586. The van der Waals surface area contributed by atoms with Gasteiger partial charge in [0.15, 0.2) is 13.2 Å². The standard InChI is InChI=1S/C24H24N2O4/c1-17-5-3-7-21(13-17)29-15-23(27)25-19-9-11-20(12-10-19)26-24(28)16-30-22-8-4-6-18(2)14-22/h3-14H,15-16H2,1-2H3,(H,25,27)(H,26,28). The molecule has 0 fully saturated rings. The maximum atomic E-state index is 12.1. The molecule has 3 aromatic rings. The van der Waals surface area contributed by atoms with Gasteiger partial charge in [0.2, 0.25) is 0 Å². The first-order valence-electron chi connectivity index (χ1n) is 9.57. The van der Waals surface area contributed by atoms with Crippen LogP contribution in [0.4, 0.5) is 11.4 Å². The number of hydrogen-bond donors (Lipinski definition) is 2. The van der Waals surface area contributed by atoms with Crippen LogP contribution in [-0.4, -0.2) is 25.0 Å². The molecule has 0 saturated heterocycles. The van der Waals surface area contributed by atoms with Crippen molar-refractivity contribution in [2.24, 2.45) is 0 Å². The number of rotatable bonds is 8. The highest BCUT2D eigenvalue weighted by atomic mass is 16.5. The van der Waals surface area contributed by atoms with Crippen LogP contribution in [0.25, 0.3) is 0 Å². The zero-order valence-corrected chi connectivity index (χ0v) is 17.0. The van der Waals surface area contributed by atoms with Gasteiger partial charge in [0, 0.05) is 11.4 Å². The van der Waals surface area contributed by atoms with E-state index in [0.29, 0.717) is 22.9 Å². The lowest BCUT2D eigenvalue weighted by Gasteiger charge is -2.10. The van der Waals surface area contributed by atoms with Crippen molar-refractivity contribution >= 4 is 23.2 Å². The van der Waals surface area contributed by atoms with E-state index >= 15 is 0 Å². The second-order valence-electron chi connectivity index (χ2n) is 6.88. The Hall–Kier alpha value is -3.80. The van der Waals surface area contributed by atoms with Crippen molar-refractivity contribution < 1.29 is 19.1 Å². The molecule has 6 heteroatoms. The summed E-state index contributed by atoms with van der Waals surface area (Å²) in [5.41, 5.74) is 3.35. The molecule has 0 aromatic heterocycles. The molecule has 0 aliphatic heterocycles. The number of nitrogens with one attached hydrogen (secondary N) is 2. The molecule has 0 aliphatic rings. The first-order chi connectivity index (χ1) is 14.5. The fourth-order valence-electron chi connectivity index (χ4n) is 2.74. The van der Waals surface area contributed by atoms with Crippen molar-refractivity contribution in [3.63, 3.8) is 0 Å².